The maximum Gasteiger partial charge on any atom is 0.272 e. The third kappa shape index (κ3) is 4.45. The quantitative estimate of drug-likeness (QED) is 0.461. The molecule has 2 aliphatic heterocycles. The average Bonchev–Trinajstić information content (AvgIpc) is 3.11. The standard InChI is InChI=1S/C26H27FN6O3S/c1-17-14-19(16-30-22(17)28-2)32-24(35)26(6-3-7-26)33(25(32)37)18-4-5-20(21(27)15-18)23(34)29-8-9-31-10-12-36-13-11-31/h4-5,14-16H,3,6-13H2,1H3,(H,29,34). The number of nitrogens with one attached hydrogen (secondary N) is 1. The van der Waals surface area contributed by atoms with Crippen LogP contribution in [0.5, 0.6) is 0 Å². The van der Waals surface area contributed by atoms with Crippen molar-refractivity contribution in [3.05, 3.63) is 58.8 Å². The molecule has 3 fully saturated rings. The molecule has 1 aliphatic carbocycles. The van der Waals surface area contributed by atoms with E-state index in [9.17, 15) is 9.59 Å². The Labute approximate surface area is 220 Å². The Morgan fingerprint density at radius 2 is 2.03 bits per heavy atom. The van der Waals surface area contributed by atoms with E-state index in [4.69, 9.17) is 23.5 Å². The van der Waals surface area contributed by atoms with Crippen LogP contribution in [0, 0.1) is 19.3 Å². The number of anilines is 2. The molecular weight excluding hydrogens is 495 g/mol. The Hall–Kier alpha value is -3.46. The van der Waals surface area contributed by atoms with Gasteiger partial charge in [-0.05, 0) is 68.2 Å². The molecule has 1 N–H and O–H groups in total. The predicted octanol–water partition coefficient (Wildman–Crippen LogP) is 3.20. The highest BCUT2D eigenvalue weighted by atomic mass is 32.1. The number of benzene rings is 1. The highest BCUT2D eigenvalue weighted by Gasteiger charge is 2.59. The van der Waals surface area contributed by atoms with Crippen LogP contribution in [0.2, 0.25) is 0 Å². The number of thiocarbonyl (C=S) groups is 1. The molecule has 2 saturated heterocycles. The zero-order chi connectivity index (χ0) is 26.2. The van der Waals surface area contributed by atoms with Crippen LogP contribution in [0.25, 0.3) is 4.85 Å². The highest BCUT2D eigenvalue weighted by molar-refractivity contribution is 7.81. The Bertz CT molecular complexity index is 1300. The molecular formula is C26H27FN6O3S. The Kier molecular flexibility index (Phi) is 6.90. The number of aromatic nitrogens is 1. The fourth-order valence-corrected chi connectivity index (χ4v) is 5.54. The maximum atomic E-state index is 15.2. The summed E-state index contributed by atoms with van der Waals surface area (Å²) < 4.78 is 20.5. The second-order valence-corrected chi connectivity index (χ2v) is 9.83. The van der Waals surface area contributed by atoms with E-state index in [1.807, 2.05) is 0 Å². The van der Waals surface area contributed by atoms with E-state index >= 15 is 4.39 Å². The van der Waals surface area contributed by atoms with Crippen LogP contribution in [0.4, 0.5) is 21.6 Å². The molecule has 0 bridgehead atoms. The maximum absolute atomic E-state index is 15.2. The van der Waals surface area contributed by atoms with Gasteiger partial charge >= 0.3 is 0 Å². The molecule has 3 aliphatic rings. The van der Waals surface area contributed by atoms with Crippen molar-refractivity contribution in [3.8, 4) is 0 Å². The van der Waals surface area contributed by atoms with Gasteiger partial charge < -0.3 is 19.8 Å². The van der Waals surface area contributed by atoms with Crippen LogP contribution in [-0.2, 0) is 9.53 Å². The first-order valence-corrected chi connectivity index (χ1v) is 12.7. The van der Waals surface area contributed by atoms with Crippen molar-refractivity contribution in [3.63, 3.8) is 0 Å². The Balaban J connectivity index is 1.35. The van der Waals surface area contributed by atoms with Gasteiger partial charge in [0.25, 0.3) is 17.6 Å². The lowest BCUT2D eigenvalue weighted by molar-refractivity contribution is -0.123. The number of morpholine rings is 1. The van der Waals surface area contributed by atoms with E-state index in [1.165, 1.54) is 23.2 Å². The Morgan fingerprint density at radius 3 is 2.65 bits per heavy atom. The number of pyridine rings is 1. The van der Waals surface area contributed by atoms with E-state index in [-0.39, 0.29) is 22.4 Å². The number of carbonyl (C=O) groups excluding carboxylic acids is 2. The minimum Gasteiger partial charge on any atom is -0.379 e. The van der Waals surface area contributed by atoms with Crippen LogP contribution < -0.4 is 15.1 Å². The summed E-state index contributed by atoms with van der Waals surface area (Å²) in [6.07, 6.45) is 3.48. The number of amides is 2. The third-order valence-corrected chi connectivity index (χ3v) is 7.63. The summed E-state index contributed by atoms with van der Waals surface area (Å²) >= 11 is 5.73. The number of hydrogen-bond acceptors (Lipinski definition) is 6. The van der Waals surface area contributed by atoms with Crippen LogP contribution >= 0.6 is 12.2 Å². The normalized spacial score (nSPS) is 19.2. The summed E-state index contributed by atoms with van der Waals surface area (Å²) in [5.74, 6) is -1.09. The molecule has 11 heteroatoms. The zero-order valence-corrected chi connectivity index (χ0v) is 21.3. The molecule has 2 aromatic rings. The highest BCUT2D eigenvalue weighted by Crippen LogP contribution is 2.48. The molecule has 0 atom stereocenters. The average molecular weight is 523 g/mol. The number of carbonyl (C=O) groups is 2. The number of nitrogens with zero attached hydrogens (tertiary/aromatic N) is 5. The second kappa shape index (κ2) is 10.1. The van der Waals surface area contributed by atoms with Crippen LogP contribution in [0.3, 0.4) is 0 Å². The predicted molar refractivity (Wildman–Crippen MR) is 140 cm³/mol. The summed E-state index contributed by atoms with van der Waals surface area (Å²) in [6.45, 7) is 13.0. The molecule has 3 heterocycles. The number of hydrogen-bond donors (Lipinski definition) is 1. The van der Waals surface area contributed by atoms with Crippen molar-refractivity contribution in [2.75, 3.05) is 49.2 Å². The lowest BCUT2D eigenvalue weighted by Gasteiger charge is -2.43. The van der Waals surface area contributed by atoms with Gasteiger partial charge in [0.05, 0.1) is 24.5 Å². The zero-order valence-electron chi connectivity index (χ0n) is 20.5. The fraction of sp³-hybridized carbons (Fsp3) is 0.423. The summed E-state index contributed by atoms with van der Waals surface area (Å²) in [7, 11) is 0. The first-order chi connectivity index (χ1) is 17.9. The minimum absolute atomic E-state index is 0.0590. The summed E-state index contributed by atoms with van der Waals surface area (Å²) in [5, 5.41) is 3.01. The van der Waals surface area contributed by atoms with Gasteiger partial charge in [0.2, 0.25) is 0 Å². The first-order valence-electron chi connectivity index (χ1n) is 12.3. The van der Waals surface area contributed by atoms with Gasteiger partial charge in [0.1, 0.15) is 17.6 Å². The number of aryl methyl sites for hydroxylation is 1. The lowest BCUT2D eigenvalue weighted by Crippen LogP contribution is -2.55. The van der Waals surface area contributed by atoms with Crippen molar-refractivity contribution in [1.29, 1.82) is 0 Å². The number of ether oxygens (including phenoxy) is 1. The van der Waals surface area contributed by atoms with Gasteiger partial charge in [-0.3, -0.25) is 19.4 Å². The van der Waals surface area contributed by atoms with Crippen molar-refractivity contribution in [2.24, 2.45) is 0 Å². The van der Waals surface area contributed by atoms with E-state index < -0.39 is 17.3 Å². The molecule has 1 saturated carbocycles. The molecule has 5 rings (SSSR count). The van der Waals surface area contributed by atoms with Gasteiger partial charge in [-0.1, -0.05) is 6.57 Å². The number of halogens is 1. The van der Waals surface area contributed by atoms with E-state index in [1.54, 1.807) is 24.0 Å². The van der Waals surface area contributed by atoms with Crippen molar-refractivity contribution in [2.45, 2.75) is 31.7 Å². The van der Waals surface area contributed by atoms with Gasteiger partial charge in [-0.2, -0.15) is 0 Å². The largest absolute Gasteiger partial charge is 0.379 e. The molecule has 192 valence electrons. The molecule has 0 radical (unpaired) electrons. The van der Waals surface area contributed by atoms with Gasteiger partial charge in [0.15, 0.2) is 5.11 Å². The van der Waals surface area contributed by atoms with E-state index in [0.717, 1.165) is 19.5 Å². The SMILES string of the molecule is [C-]#[N+]c1ncc(N2C(=O)C3(CCC3)N(c3ccc(C(=O)NCCN4CCOCC4)c(F)c3)C2=S)cc1C. The van der Waals surface area contributed by atoms with E-state index in [2.05, 4.69) is 20.0 Å². The molecule has 1 spiro atoms. The summed E-state index contributed by atoms with van der Waals surface area (Å²) in [4.78, 5) is 39.1. The van der Waals surface area contributed by atoms with Crippen LogP contribution in [0.1, 0.15) is 35.2 Å². The second-order valence-electron chi connectivity index (χ2n) is 9.46. The van der Waals surface area contributed by atoms with Crippen LogP contribution in [0.15, 0.2) is 30.5 Å². The fourth-order valence-electron chi connectivity index (χ4n) is 5.07. The monoisotopic (exact) mass is 522 g/mol. The van der Waals surface area contributed by atoms with Crippen LogP contribution in [-0.4, -0.2) is 71.7 Å². The smallest absolute Gasteiger partial charge is 0.272 e. The Morgan fingerprint density at radius 1 is 1.27 bits per heavy atom. The molecule has 1 aromatic heterocycles. The van der Waals surface area contributed by atoms with Crippen molar-refractivity contribution in [1.82, 2.24) is 15.2 Å². The first kappa shape index (κ1) is 25.2. The topological polar surface area (TPSA) is 82.4 Å². The summed E-state index contributed by atoms with van der Waals surface area (Å²) in [6, 6.07) is 6.05. The van der Waals surface area contributed by atoms with Crippen molar-refractivity contribution < 1.29 is 18.7 Å². The molecule has 2 amide bonds. The van der Waals surface area contributed by atoms with E-state index in [0.29, 0.717) is 56.1 Å². The molecule has 9 nitrogen and oxygen atoms in total. The summed E-state index contributed by atoms with van der Waals surface area (Å²) in [5.41, 5.74) is 0.587. The van der Waals surface area contributed by atoms with Gasteiger partial charge in [-0.15, -0.1) is 4.98 Å². The third-order valence-electron chi connectivity index (χ3n) is 7.27. The van der Waals surface area contributed by atoms with Gasteiger partial charge in [0, 0.05) is 31.9 Å². The molecule has 37 heavy (non-hydrogen) atoms. The lowest BCUT2D eigenvalue weighted by atomic mass is 9.75. The molecule has 0 unspecified atom stereocenters. The minimum atomic E-state index is -0.891. The van der Waals surface area contributed by atoms with Crippen molar-refractivity contribution >= 4 is 46.3 Å². The molecule has 1 aromatic carbocycles. The van der Waals surface area contributed by atoms with Gasteiger partial charge in [-0.25, -0.2) is 4.39 Å². The number of rotatable bonds is 6.